The Bertz CT molecular complexity index is 1840. The molecular weight excluding hydrogens is 672 g/mol. The van der Waals surface area contributed by atoms with E-state index in [4.69, 9.17) is 14.0 Å². The number of alkyl halides is 1. The van der Waals surface area contributed by atoms with Crippen LogP contribution in [0.4, 0.5) is 4.39 Å². The molecule has 51 heavy (non-hydrogen) atoms. The number of hydrogen-bond acceptors (Lipinski definition) is 9. The van der Waals surface area contributed by atoms with Crippen LogP contribution in [0.2, 0.25) is 0 Å². The van der Waals surface area contributed by atoms with Gasteiger partial charge in [-0.2, -0.15) is 5.26 Å². The number of hydrogen-bond donors (Lipinski definition) is 3. The quantitative estimate of drug-likeness (QED) is 0.103. The van der Waals surface area contributed by atoms with Gasteiger partial charge in [0.05, 0.1) is 18.7 Å². The zero-order valence-corrected chi connectivity index (χ0v) is 30.3. The highest BCUT2D eigenvalue weighted by Crippen LogP contribution is 2.50. The first kappa shape index (κ1) is 38.0. The molecule has 0 amide bonds. The van der Waals surface area contributed by atoms with Crippen molar-refractivity contribution in [1.29, 1.82) is 5.26 Å². The van der Waals surface area contributed by atoms with Crippen LogP contribution >= 0.6 is 8.53 Å². The lowest BCUT2D eigenvalue weighted by atomic mass is 9.77. The van der Waals surface area contributed by atoms with E-state index in [1.54, 1.807) is 11.8 Å². The molecule has 0 radical (unpaired) electrons. The van der Waals surface area contributed by atoms with E-state index in [0.717, 1.165) is 27.3 Å². The van der Waals surface area contributed by atoms with E-state index in [1.807, 2.05) is 113 Å². The second kappa shape index (κ2) is 16.4. The number of benzene rings is 3. The number of aromatic nitrogens is 2. The minimum atomic E-state index is -2.41. The Morgan fingerprint density at radius 2 is 1.61 bits per heavy atom. The number of nitrogens with one attached hydrogen (secondary N) is 2. The van der Waals surface area contributed by atoms with Gasteiger partial charge in [-0.25, -0.2) is 13.9 Å². The van der Waals surface area contributed by atoms with Crippen LogP contribution in [0.5, 0.6) is 5.75 Å². The largest absolute Gasteiger partial charge is 0.497 e. The van der Waals surface area contributed by atoms with Gasteiger partial charge in [0, 0.05) is 36.8 Å². The molecule has 13 heteroatoms. The molecule has 1 aliphatic heterocycles. The molecule has 4 aromatic rings. The highest BCUT2D eigenvalue weighted by Gasteiger charge is 2.51. The maximum absolute atomic E-state index is 16.8. The summed E-state index contributed by atoms with van der Waals surface area (Å²) in [5.41, 5.74) is -0.436. The van der Waals surface area contributed by atoms with Crippen LogP contribution in [0, 0.1) is 11.3 Å². The molecule has 3 aromatic carbocycles. The van der Waals surface area contributed by atoms with Gasteiger partial charge in [0.15, 0.2) is 12.4 Å². The lowest BCUT2D eigenvalue weighted by molar-refractivity contribution is -0.0268. The summed E-state index contributed by atoms with van der Waals surface area (Å²) >= 11 is 0. The number of nitrogens with zero attached hydrogens (tertiary/aromatic N) is 3. The van der Waals surface area contributed by atoms with Crippen molar-refractivity contribution >= 4 is 8.53 Å². The molecule has 1 aliphatic rings. The minimum absolute atomic E-state index is 0.0121. The second-order valence-corrected chi connectivity index (χ2v) is 14.5. The van der Waals surface area contributed by atoms with Crippen LogP contribution in [-0.4, -0.2) is 62.7 Å². The van der Waals surface area contributed by atoms with Crippen LogP contribution in [0.3, 0.4) is 0 Å². The molecule has 1 unspecified atom stereocenters. The van der Waals surface area contributed by atoms with Crippen LogP contribution in [0.25, 0.3) is 0 Å². The van der Waals surface area contributed by atoms with E-state index in [2.05, 4.69) is 16.4 Å². The van der Waals surface area contributed by atoms with Gasteiger partial charge in [0.25, 0.3) is 14.1 Å². The lowest BCUT2D eigenvalue weighted by Crippen LogP contribution is -2.50. The molecule has 0 aliphatic carbocycles. The fourth-order valence-corrected chi connectivity index (χ4v) is 8.41. The summed E-state index contributed by atoms with van der Waals surface area (Å²) in [5, 5.41) is 13.0. The average Bonchev–Trinajstić information content (AvgIpc) is 3.42. The van der Waals surface area contributed by atoms with Crippen molar-refractivity contribution in [3.8, 4) is 11.8 Å². The summed E-state index contributed by atoms with van der Waals surface area (Å²) in [6.45, 7) is 7.61. The Kier molecular flexibility index (Phi) is 12.2. The Morgan fingerprint density at radius 3 is 2.14 bits per heavy atom. The summed E-state index contributed by atoms with van der Waals surface area (Å²) in [7, 11) is -0.810. The molecule has 5 rings (SSSR count). The standard InChI is InChI=1S/C38H45FN5O6P/c1-26(2)44(37(3,4)22-12-23-40)51(47)50-34-31(49-35(33(34)39)43-24-21-32(45)42-36(43)46)25-41-38(27-13-8-6-9-14-27,28-15-10-7-11-16-28)29-17-19-30(48-5)20-18-29/h6-11,13-21,24,26,31,33-35,41,47H,12,22,25H2,1-5H3,(H,42,45,46)/t31-,33-,34-,35-,51?/m1/s1. The predicted molar refractivity (Wildman–Crippen MR) is 194 cm³/mol. The van der Waals surface area contributed by atoms with Crippen molar-refractivity contribution in [2.75, 3.05) is 13.7 Å². The summed E-state index contributed by atoms with van der Waals surface area (Å²) in [4.78, 5) is 38.6. The third kappa shape index (κ3) is 8.15. The van der Waals surface area contributed by atoms with Crippen molar-refractivity contribution in [1.82, 2.24) is 19.5 Å². The van der Waals surface area contributed by atoms with Gasteiger partial charge in [-0.15, -0.1) is 0 Å². The Morgan fingerprint density at radius 1 is 1.02 bits per heavy atom. The molecule has 0 spiro atoms. The Hall–Kier alpha value is -4.21. The second-order valence-electron chi connectivity index (χ2n) is 13.4. The third-order valence-electron chi connectivity index (χ3n) is 9.26. The maximum Gasteiger partial charge on any atom is 0.330 e. The SMILES string of the molecule is COc1ccc(C(NC[C@H]2O[C@@H](n3ccc(=O)[nH]c3=O)[C@H](F)[C@@H]2OP(O)N(C(C)C)C(C)(C)CCC#N)(c2ccccc2)c2ccccc2)cc1. The first-order valence-corrected chi connectivity index (χ1v) is 18.0. The number of methoxy groups -OCH3 is 1. The van der Waals surface area contributed by atoms with Crippen molar-refractivity contribution in [3.05, 3.63) is 135 Å². The van der Waals surface area contributed by atoms with Gasteiger partial charge in [-0.3, -0.25) is 19.7 Å². The molecule has 1 aromatic heterocycles. The van der Waals surface area contributed by atoms with Crippen molar-refractivity contribution < 1.29 is 23.3 Å². The predicted octanol–water partition coefficient (Wildman–Crippen LogP) is 5.76. The number of H-pyrrole nitrogens is 1. The van der Waals surface area contributed by atoms with Gasteiger partial charge in [0.1, 0.15) is 18.0 Å². The zero-order valence-electron chi connectivity index (χ0n) is 29.4. The fraction of sp³-hybridized carbons (Fsp3) is 0.395. The number of halogens is 1. The summed E-state index contributed by atoms with van der Waals surface area (Å²) < 4.78 is 37.6. The molecular formula is C38H45FN5O6P. The van der Waals surface area contributed by atoms with E-state index in [1.165, 1.54) is 6.20 Å². The first-order chi connectivity index (χ1) is 24.4. The third-order valence-corrected chi connectivity index (χ3v) is 11.1. The number of rotatable bonds is 15. The van der Waals surface area contributed by atoms with Gasteiger partial charge in [-0.05, 0) is 62.9 Å². The highest BCUT2D eigenvalue weighted by molar-refractivity contribution is 7.43. The van der Waals surface area contributed by atoms with Gasteiger partial charge < -0.3 is 18.9 Å². The van der Waals surface area contributed by atoms with Gasteiger partial charge in [-0.1, -0.05) is 72.8 Å². The van der Waals surface area contributed by atoms with Crippen molar-refractivity contribution in [2.24, 2.45) is 0 Å². The molecule has 2 heterocycles. The van der Waals surface area contributed by atoms with Crippen LogP contribution < -0.4 is 21.3 Å². The molecule has 3 N–H and O–H groups in total. The van der Waals surface area contributed by atoms with E-state index in [-0.39, 0.29) is 19.0 Å². The molecule has 1 saturated heterocycles. The average molecular weight is 718 g/mol. The maximum atomic E-state index is 16.8. The molecule has 270 valence electrons. The molecule has 0 bridgehead atoms. The monoisotopic (exact) mass is 717 g/mol. The number of nitriles is 1. The van der Waals surface area contributed by atoms with Crippen molar-refractivity contribution in [3.63, 3.8) is 0 Å². The topological polar surface area (TPSA) is 142 Å². The summed E-state index contributed by atoms with van der Waals surface area (Å²) in [5.74, 6) is 0.680. The number of ether oxygens (including phenoxy) is 2. The van der Waals surface area contributed by atoms with E-state index < -0.39 is 55.5 Å². The van der Waals surface area contributed by atoms with E-state index in [9.17, 15) is 19.7 Å². The van der Waals surface area contributed by atoms with Crippen LogP contribution in [-0.2, 0) is 14.8 Å². The molecule has 1 fully saturated rings. The smallest absolute Gasteiger partial charge is 0.330 e. The normalized spacial score (nSPS) is 20.0. The molecule has 11 nitrogen and oxygen atoms in total. The highest BCUT2D eigenvalue weighted by atomic mass is 31.2. The van der Waals surface area contributed by atoms with Crippen molar-refractivity contribution in [2.45, 2.75) is 82.3 Å². The van der Waals surface area contributed by atoms with Gasteiger partial charge in [0.2, 0.25) is 0 Å². The minimum Gasteiger partial charge on any atom is -0.497 e. The van der Waals surface area contributed by atoms with Gasteiger partial charge >= 0.3 is 5.69 Å². The zero-order chi connectivity index (χ0) is 36.8. The molecule has 0 saturated carbocycles. The summed E-state index contributed by atoms with van der Waals surface area (Å²) in [6.07, 6.45) is -3.85. The van der Waals surface area contributed by atoms with E-state index >= 15 is 4.39 Å². The van der Waals surface area contributed by atoms with Crippen LogP contribution in [0.1, 0.15) is 63.5 Å². The first-order valence-electron chi connectivity index (χ1n) is 16.9. The Balaban J connectivity index is 1.58. The summed E-state index contributed by atoms with van der Waals surface area (Å²) in [6, 6.07) is 30.4. The van der Waals surface area contributed by atoms with E-state index in [0.29, 0.717) is 12.2 Å². The Labute approximate surface area is 298 Å². The molecule has 5 atom stereocenters. The fourth-order valence-electron chi connectivity index (χ4n) is 6.88. The lowest BCUT2D eigenvalue weighted by Gasteiger charge is -2.43. The number of aromatic amines is 1. The van der Waals surface area contributed by atoms with Crippen LogP contribution in [0.15, 0.2) is 107 Å².